The predicted molar refractivity (Wildman–Crippen MR) is 87.6 cm³/mol. The SMILES string of the molecule is CCOC(=O)C1CCN(c2ncnc(NN(C)C)c2[N+](=O)[O-])CC1. The summed E-state index contributed by atoms with van der Waals surface area (Å²) in [6.07, 6.45) is 2.46. The maximum Gasteiger partial charge on any atom is 0.354 e. The molecule has 10 heteroatoms. The highest BCUT2D eigenvalue weighted by atomic mass is 16.6. The molecule has 1 saturated heterocycles. The topological polar surface area (TPSA) is 114 Å². The smallest absolute Gasteiger partial charge is 0.354 e. The Morgan fingerprint density at radius 2 is 2.12 bits per heavy atom. The second-order valence-corrected chi connectivity index (χ2v) is 5.67. The predicted octanol–water partition coefficient (Wildman–Crippen LogP) is 1.05. The summed E-state index contributed by atoms with van der Waals surface area (Å²) in [6.45, 7) is 3.14. The molecule has 0 amide bonds. The van der Waals surface area contributed by atoms with Crippen LogP contribution in [-0.4, -0.2) is 59.7 Å². The molecule has 1 aromatic rings. The van der Waals surface area contributed by atoms with Crippen molar-refractivity contribution < 1.29 is 14.5 Å². The van der Waals surface area contributed by atoms with Gasteiger partial charge in [0.25, 0.3) is 0 Å². The third-order valence-electron chi connectivity index (χ3n) is 3.73. The van der Waals surface area contributed by atoms with Gasteiger partial charge in [0, 0.05) is 27.2 Å². The van der Waals surface area contributed by atoms with Gasteiger partial charge in [-0.3, -0.25) is 20.3 Å². The van der Waals surface area contributed by atoms with E-state index in [9.17, 15) is 14.9 Å². The third-order valence-corrected chi connectivity index (χ3v) is 3.73. The average Bonchev–Trinajstić information content (AvgIpc) is 2.54. The van der Waals surface area contributed by atoms with Crippen molar-refractivity contribution in [1.29, 1.82) is 0 Å². The molecule has 2 heterocycles. The van der Waals surface area contributed by atoms with Gasteiger partial charge in [0.2, 0.25) is 11.6 Å². The van der Waals surface area contributed by atoms with Crippen LogP contribution in [0.4, 0.5) is 17.3 Å². The minimum absolute atomic E-state index is 0.141. The van der Waals surface area contributed by atoms with Crippen LogP contribution in [0.2, 0.25) is 0 Å². The minimum Gasteiger partial charge on any atom is -0.466 e. The van der Waals surface area contributed by atoms with Gasteiger partial charge in [0.1, 0.15) is 6.33 Å². The molecule has 1 fully saturated rings. The van der Waals surface area contributed by atoms with Gasteiger partial charge in [-0.2, -0.15) is 0 Å². The zero-order chi connectivity index (χ0) is 17.7. The lowest BCUT2D eigenvalue weighted by molar-refractivity contribution is -0.383. The fourth-order valence-electron chi connectivity index (χ4n) is 2.65. The van der Waals surface area contributed by atoms with E-state index in [0.717, 1.165) is 0 Å². The number of hydrogen-bond donors (Lipinski definition) is 1. The lowest BCUT2D eigenvalue weighted by Gasteiger charge is -2.31. The molecule has 0 unspecified atom stereocenters. The Hall–Kier alpha value is -2.49. The van der Waals surface area contributed by atoms with Crippen LogP contribution in [0.1, 0.15) is 19.8 Å². The summed E-state index contributed by atoms with van der Waals surface area (Å²) < 4.78 is 5.04. The van der Waals surface area contributed by atoms with E-state index in [1.807, 2.05) is 4.90 Å². The first-order chi connectivity index (χ1) is 11.4. The summed E-state index contributed by atoms with van der Waals surface area (Å²) in [6, 6.07) is 0. The van der Waals surface area contributed by atoms with Crippen LogP contribution < -0.4 is 10.3 Å². The monoisotopic (exact) mass is 338 g/mol. The van der Waals surface area contributed by atoms with Crippen molar-refractivity contribution in [3.8, 4) is 0 Å². The number of ether oxygens (including phenoxy) is 1. The van der Waals surface area contributed by atoms with Gasteiger partial charge < -0.3 is 9.64 Å². The van der Waals surface area contributed by atoms with Crippen LogP contribution >= 0.6 is 0 Å². The normalized spacial score (nSPS) is 15.4. The summed E-state index contributed by atoms with van der Waals surface area (Å²) in [5, 5.41) is 13.1. The molecule has 0 radical (unpaired) electrons. The zero-order valence-electron chi connectivity index (χ0n) is 14.1. The second kappa shape index (κ2) is 7.86. The van der Waals surface area contributed by atoms with E-state index in [1.165, 1.54) is 6.33 Å². The first kappa shape index (κ1) is 17.9. The zero-order valence-corrected chi connectivity index (χ0v) is 14.1. The van der Waals surface area contributed by atoms with E-state index >= 15 is 0 Å². The number of carbonyl (C=O) groups is 1. The van der Waals surface area contributed by atoms with Gasteiger partial charge in [0.05, 0.1) is 17.4 Å². The first-order valence-electron chi connectivity index (χ1n) is 7.79. The van der Waals surface area contributed by atoms with E-state index in [0.29, 0.717) is 32.5 Å². The number of nitro groups is 1. The van der Waals surface area contributed by atoms with Crippen molar-refractivity contribution in [2.75, 3.05) is 44.1 Å². The molecule has 1 aromatic heterocycles. The highest BCUT2D eigenvalue weighted by Gasteiger charge is 2.32. The van der Waals surface area contributed by atoms with Gasteiger partial charge in [-0.15, -0.1) is 0 Å². The van der Waals surface area contributed by atoms with E-state index in [1.54, 1.807) is 26.0 Å². The maximum absolute atomic E-state index is 11.8. The molecule has 0 aliphatic carbocycles. The molecule has 24 heavy (non-hydrogen) atoms. The number of esters is 1. The van der Waals surface area contributed by atoms with Gasteiger partial charge in [-0.1, -0.05) is 0 Å². The molecule has 10 nitrogen and oxygen atoms in total. The highest BCUT2D eigenvalue weighted by molar-refractivity contribution is 5.74. The van der Waals surface area contributed by atoms with Gasteiger partial charge >= 0.3 is 11.7 Å². The molecule has 1 N–H and O–H groups in total. The van der Waals surface area contributed by atoms with Crippen molar-refractivity contribution in [2.24, 2.45) is 5.92 Å². The standard InChI is InChI=1S/C14H22N6O4/c1-4-24-14(21)10-5-7-19(8-6-10)13-11(20(22)23)12(15-9-16-13)17-18(2)3/h9-10H,4-8H2,1-3H3,(H,15,16,17). The van der Waals surface area contributed by atoms with Crippen molar-refractivity contribution >= 4 is 23.3 Å². The number of anilines is 2. The molecule has 2 rings (SSSR count). The minimum atomic E-state index is -0.487. The van der Waals surface area contributed by atoms with E-state index in [4.69, 9.17) is 4.74 Å². The number of hydrogen-bond acceptors (Lipinski definition) is 9. The summed E-state index contributed by atoms with van der Waals surface area (Å²) in [5.41, 5.74) is 2.65. The lowest BCUT2D eigenvalue weighted by atomic mass is 9.97. The quantitative estimate of drug-likeness (QED) is 0.462. The molecular weight excluding hydrogens is 316 g/mol. The van der Waals surface area contributed by atoms with Gasteiger partial charge in [0.15, 0.2) is 0 Å². The summed E-state index contributed by atoms with van der Waals surface area (Å²) in [4.78, 5) is 32.7. The highest BCUT2D eigenvalue weighted by Crippen LogP contribution is 2.34. The fraction of sp³-hybridized carbons (Fsp3) is 0.643. The number of hydrazine groups is 1. The maximum atomic E-state index is 11.8. The van der Waals surface area contributed by atoms with Crippen molar-refractivity contribution in [2.45, 2.75) is 19.8 Å². The molecular formula is C14H22N6O4. The number of rotatable bonds is 6. The molecule has 0 aromatic carbocycles. The van der Waals surface area contributed by atoms with Crippen molar-refractivity contribution in [3.05, 3.63) is 16.4 Å². The van der Waals surface area contributed by atoms with E-state index in [2.05, 4.69) is 15.4 Å². The molecule has 1 aliphatic rings. The summed E-state index contributed by atoms with van der Waals surface area (Å²) >= 11 is 0. The Morgan fingerprint density at radius 3 is 2.67 bits per heavy atom. The second-order valence-electron chi connectivity index (χ2n) is 5.67. The number of aromatic nitrogens is 2. The van der Waals surface area contributed by atoms with Crippen LogP contribution in [0.3, 0.4) is 0 Å². The summed E-state index contributed by atoms with van der Waals surface area (Å²) in [5.74, 6) is 0.0370. The number of nitrogens with zero attached hydrogens (tertiary/aromatic N) is 5. The van der Waals surface area contributed by atoms with Crippen LogP contribution in [0.5, 0.6) is 0 Å². The largest absolute Gasteiger partial charge is 0.466 e. The van der Waals surface area contributed by atoms with Crippen LogP contribution in [0.15, 0.2) is 6.33 Å². The number of carbonyl (C=O) groups excluding carboxylic acids is 1. The Bertz CT molecular complexity index is 601. The van der Waals surface area contributed by atoms with E-state index < -0.39 is 4.92 Å². The van der Waals surface area contributed by atoms with Crippen LogP contribution in [-0.2, 0) is 9.53 Å². The van der Waals surface area contributed by atoms with E-state index in [-0.39, 0.29) is 29.2 Å². The van der Waals surface area contributed by atoms with Gasteiger partial charge in [-0.05, 0) is 19.8 Å². The first-order valence-corrected chi connectivity index (χ1v) is 7.79. The van der Waals surface area contributed by atoms with Gasteiger partial charge in [-0.25, -0.2) is 15.0 Å². The lowest BCUT2D eigenvalue weighted by Crippen LogP contribution is -2.38. The number of piperidine rings is 1. The Balaban J connectivity index is 2.18. The van der Waals surface area contributed by atoms with Crippen LogP contribution in [0, 0.1) is 16.0 Å². The molecule has 0 bridgehead atoms. The Kier molecular flexibility index (Phi) is 5.85. The molecule has 0 spiro atoms. The third kappa shape index (κ3) is 4.07. The van der Waals surface area contributed by atoms with Crippen molar-refractivity contribution in [3.63, 3.8) is 0 Å². The molecule has 0 atom stereocenters. The average molecular weight is 338 g/mol. The summed E-state index contributed by atoms with van der Waals surface area (Å²) in [7, 11) is 3.44. The van der Waals surface area contributed by atoms with Crippen LogP contribution in [0.25, 0.3) is 0 Å². The Labute approximate surface area is 139 Å². The van der Waals surface area contributed by atoms with Crippen molar-refractivity contribution in [1.82, 2.24) is 15.0 Å². The molecule has 0 saturated carbocycles. The number of nitrogens with one attached hydrogen (secondary N) is 1. The molecule has 1 aliphatic heterocycles. The molecule has 132 valence electrons. The fourth-order valence-corrected chi connectivity index (χ4v) is 2.65. The Morgan fingerprint density at radius 1 is 1.46 bits per heavy atom.